The molecule has 1 aromatic rings. The van der Waals surface area contributed by atoms with Crippen molar-refractivity contribution in [3.63, 3.8) is 0 Å². The zero-order chi connectivity index (χ0) is 13.1. The molecule has 0 radical (unpaired) electrons. The zero-order valence-electron chi connectivity index (χ0n) is 10.3. The van der Waals surface area contributed by atoms with Gasteiger partial charge in [0.05, 0.1) is 25.8 Å². The summed E-state index contributed by atoms with van der Waals surface area (Å²) in [6.45, 7) is 1.87. The van der Waals surface area contributed by atoms with Gasteiger partial charge in [0.2, 0.25) is 0 Å². The van der Waals surface area contributed by atoms with Crippen LogP contribution in [0.2, 0.25) is 5.02 Å². The van der Waals surface area contributed by atoms with Crippen LogP contribution in [-0.2, 0) is 4.74 Å². The van der Waals surface area contributed by atoms with Gasteiger partial charge in [-0.3, -0.25) is 0 Å². The molecular formula is C12H15ClFNO3. The molecule has 1 heterocycles. The van der Waals surface area contributed by atoms with E-state index in [0.717, 1.165) is 6.54 Å². The lowest BCUT2D eigenvalue weighted by atomic mass is 10.1. The zero-order valence-corrected chi connectivity index (χ0v) is 11.0. The second kappa shape index (κ2) is 5.73. The molecule has 100 valence electrons. The van der Waals surface area contributed by atoms with Gasteiger partial charge in [-0.05, 0) is 0 Å². The molecule has 2 rings (SSSR count). The van der Waals surface area contributed by atoms with E-state index in [2.05, 4.69) is 5.32 Å². The lowest BCUT2D eigenvalue weighted by molar-refractivity contribution is 0.0259. The maximum absolute atomic E-state index is 13.8. The van der Waals surface area contributed by atoms with E-state index in [9.17, 15) is 4.39 Å². The highest BCUT2D eigenvalue weighted by atomic mass is 35.5. The standard InChI is InChI=1S/C12H15ClFNO3/c1-16-8-5-7(14)11(13)10(12(8)17-2)9-6-15-3-4-18-9/h5,9,15H,3-4,6H2,1-2H3. The first-order valence-corrected chi connectivity index (χ1v) is 5.99. The fourth-order valence-electron chi connectivity index (χ4n) is 2.01. The maximum Gasteiger partial charge on any atom is 0.168 e. The summed E-state index contributed by atoms with van der Waals surface area (Å²) < 4.78 is 29.7. The fourth-order valence-corrected chi connectivity index (χ4v) is 2.27. The van der Waals surface area contributed by atoms with Crippen LogP contribution in [-0.4, -0.2) is 33.9 Å². The molecule has 1 aliphatic heterocycles. The van der Waals surface area contributed by atoms with Crippen LogP contribution in [0, 0.1) is 5.82 Å². The molecule has 1 unspecified atom stereocenters. The number of nitrogens with one attached hydrogen (secondary N) is 1. The number of hydrogen-bond donors (Lipinski definition) is 1. The third-order valence-electron chi connectivity index (χ3n) is 2.85. The summed E-state index contributed by atoms with van der Waals surface area (Å²) in [4.78, 5) is 0. The Morgan fingerprint density at radius 1 is 1.44 bits per heavy atom. The smallest absolute Gasteiger partial charge is 0.168 e. The molecule has 1 aliphatic rings. The number of halogens is 2. The molecule has 1 fully saturated rings. The summed E-state index contributed by atoms with van der Waals surface area (Å²) in [5.41, 5.74) is 0.489. The van der Waals surface area contributed by atoms with Crippen molar-refractivity contribution in [2.45, 2.75) is 6.10 Å². The third kappa shape index (κ3) is 2.39. The van der Waals surface area contributed by atoms with Gasteiger partial charge in [-0.25, -0.2) is 4.39 Å². The lowest BCUT2D eigenvalue weighted by Gasteiger charge is -2.27. The maximum atomic E-state index is 13.8. The van der Waals surface area contributed by atoms with Crippen LogP contribution in [0.4, 0.5) is 4.39 Å². The summed E-state index contributed by atoms with van der Waals surface area (Å²) in [5.74, 6) is 0.180. The lowest BCUT2D eigenvalue weighted by Crippen LogP contribution is -2.33. The summed E-state index contributed by atoms with van der Waals surface area (Å²) in [6, 6.07) is 1.21. The van der Waals surface area contributed by atoms with Gasteiger partial charge in [-0.1, -0.05) is 11.6 Å². The van der Waals surface area contributed by atoms with E-state index in [4.69, 9.17) is 25.8 Å². The van der Waals surface area contributed by atoms with Crippen molar-refractivity contribution in [3.05, 3.63) is 22.5 Å². The quantitative estimate of drug-likeness (QED) is 0.918. The molecular weight excluding hydrogens is 261 g/mol. The molecule has 1 aromatic carbocycles. The van der Waals surface area contributed by atoms with Gasteiger partial charge in [-0.15, -0.1) is 0 Å². The van der Waals surface area contributed by atoms with E-state index in [1.807, 2.05) is 0 Å². The predicted octanol–water partition coefficient (Wildman–Crippen LogP) is 2.16. The average molecular weight is 276 g/mol. The number of ether oxygens (including phenoxy) is 3. The van der Waals surface area contributed by atoms with Crippen molar-refractivity contribution in [1.29, 1.82) is 0 Å². The van der Waals surface area contributed by atoms with Crippen molar-refractivity contribution >= 4 is 11.6 Å². The second-order valence-electron chi connectivity index (χ2n) is 3.89. The van der Waals surface area contributed by atoms with Crippen molar-refractivity contribution in [1.82, 2.24) is 5.32 Å². The molecule has 1 atom stereocenters. The second-order valence-corrected chi connectivity index (χ2v) is 4.26. The van der Waals surface area contributed by atoms with E-state index in [1.165, 1.54) is 20.3 Å². The average Bonchev–Trinajstić information content (AvgIpc) is 2.42. The van der Waals surface area contributed by atoms with Gasteiger partial charge in [0.1, 0.15) is 11.9 Å². The first-order valence-electron chi connectivity index (χ1n) is 5.61. The van der Waals surface area contributed by atoms with E-state index < -0.39 is 5.82 Å². The molecule has 0 aliphatic carbocycles. The van der Waals surface area contributed by atoms with E-state index in [-0.39, 0.29) is 11.1 Å². The minimum atomic E-state index is -0.543. The molecule has 4 nitrogen and oxygen atoms in total. The highest BCUT2D eigenvalue weighted by molar-refractivity contribution is 6.31. The van der Waals surface area contributed by atoms with E-state index in [1.54, 1.807) is 0 Å². The van der Waals surface area contributed by atoms with Crippen LogP contribution in [0.25, 0.3) is 0 Å². The monoisotopic (exact) mass is 275 g/mol. The number of morpholine rings is 1. The number of rotatable bonds is 3. The van der Waals surface area contributed by atoms with Gasteiger partial charge >= 0.3 is 0 Å². The van der Waals surface area contributed by atoms with Crippen molar-refractivity contribution < 1.29 is 18.6 Å². The first kappa shape index (κ1) is 13.4. The SMILES string of the molecule is COc1cc(F)c(Cl)c(C2CNCCO2)c1OC. The van der Waals surface area contributed by atoms with Crippen LogP contribution < -0.4 is 14.8 Å². The van der Waals surface area contributed by atoms with Gasteiger partial charge in [0.25, 0.3) is 0 Å². The molecule has 0 amide bonds. The van der Waals surface area contributed by atoms with Crippen molar-refractivity contribution in [3.8, 4) is 11.5 Å². The molecule has 18 heavy (non-hydrogen) atoms. The summed E-state index contributed by atoms with van der Waals surface area (Å²) in [7, 11) is 2.95. The Bertz CT molecular complexity index is 436. The molecule has 0 saturated carbocycles. The Morgan fingerprint density at radius 2 is 2.22 bits per heavy atom. The number of hydrogen-bond acceptors (Lipinski definition) is 4. The Morgan fingerprint density at radius 3 is 2.78 bits per heavy atom. The molecule has 0 bridgehead atoms. The first-order chi connectivity index (χ1) is 8.69. The molecule has 0 spiro atoms. The Hall–Kier alpha value is -1.04. The molecule has 1 N–H and O–H groups in total. The predicted molar refractivity (Wildman–Crippen MR) is 66.1 cm³/mol. The van der Waals surface area contributed by atoms with E-state index in [0.29, 0.717) is 30.2 Å². The van der Waals surface area contributed by atoms with Crippen LogP contribution >= 0.6 is 11.6 Å². The molecule has 0 aromatic heterocycles. The molecule has 1 saturated heterocycles. The molecule has 6 heteroatoms. The van der Waals surface area contributed by atoms with Gasteiger partial charge < -0.3 is 19.5 Å². The highest BCUT2D eigenvalue weighted by Crippen LogP contribution is 2.42. The number of methoxy groups -OCH3 is 2. The van der Waals surface area contributed by atoms with Crippen LogP contribution in [0.15, 0.2) is 6.07 Å². The Balaban J connectivity index is 2.51. The topological polar surface area (TPSA) is 39.7 Å². The fraction of sp³-hybridized carbons (Fsp3) is 0.500. The number of benzene rings is 1. The van der Waals surface area contributed by atoms with Gasteiger partial charge in [-0.2, -0.15) is 0 Å². The van der Waals surface area contributed by atoms with Crippen LogP contribution in [0.1, 0.15) is 11.7 Å². The third-order valence-corrected chi connectivity index (χ3v) is 3.23. The van der Waals surface area contributed by atoms with Crippen molar-refractivity contribution in [2.75, 3.05) is 33.9 Å². The Kier molecular flexibility index (Phi) is 4.27. The summed E-state index contributed by atoms with van der Waals surface area (Å²) in [5, 5.41) is 3.18. The minimum Gasteiger partial charge on any atom is -0.493 e. The highest BCUT2D eigenvalue weighted by Gasteiger charge is 2.27. The Labute approximate surface area is 110 Å². The van der Waals surface area contributed by atoms with E-state index >= 15 is 0 Å². The minimum absolute atomic E-state index is 0.0151. The van der Waals surface area contributed by atoms with Crippen LogP contribution in [0.5, 0.6) is 11.5 Å². The van der Waals surface area contributed by atoms with Crippen molar-refractivity contribution in [2.24, 2.45) is 0 Å². The normalized spacial score (nSPS) is 19.7. The van der Waals surface area contributed by atoms with Gasteiger partial charge in [0.15, 0.2) is 11.5 Å². The van der Waals surface area contributed by atoms with Gasteiger partial charge in [0, 0.05) is 24.7 Å². The largest absolute Gasteiger partial charge is 0.493 e. The van der Waals surface area contributed by atoms with Crippen LogP contribution in [0.3, 0.4) is 0 Å². The summed E-state index contributed by atoms with van der Waals surface area (Å²) in [6.07, 6.45) is -0.342. The summed E-state index contributed by atoms with van der Waals surface area (Å²) >= 11 is 6.02.